The lowest BCUT2D eigenvalue weighted by Crippen LogP contribution is -2.03. The average Bonchev–Trinajstić information content (AvgIpc) is 2.32. The van der Waals surface area contributed by atoms with Gasteiger partial charge in [-0.05, 0) is 31.0 Å². The van der Waals surface area contributed by atoms with Crippen LogP contribution in [-0.2, 0) is 0 Å². The third kappa shape index (κ3) is 2.30. The first-order valence-corrected chi connectivity index (χ1v) is 5.34. The fourth-order valence-electron chi connectivity index (χ4n) is 1.55. The van der Waals surface area contributed by atoms with Gasteiger partial charge in [-0.1, -0.05) is 12.1 Å². The zero-order valence-electron chi connectivity index (χ0n) is 9.89. The second kappa shape index (κ2) is 4.68. The van der Waals surface area contributed by atoms with Crippen LogP contribution < -0.4 is 5.32 Å². The summed E-state index contributed by atoms with van der Waals surface area (Å²) in [6.07, 6.45) is 0. The number of aromatic nitrogens is 1. The molecule has 0 saturated carbocycles. The van der Waals surface area contributed by atoms with Crippen molar-refractivity contribution in [2.24, 2.45) is 0 Å². The number of hydrogen-bond donors (Lipinski definition) is 1. The van der Waals surface area contributed by atoms with Gasteiger partial charge in [-0.15, -0.1) is 0 Å². The van der Waals surface area contributed by atoms with E-state index in [2.05, 4.69) is 10.3 Å². The van der Waals surface area contributed by atoms with Gasteiger partial charge < -0.3 is 5.32 Å². The van der Waals surface area contributed by atoms with Crippen LogP contribution in [0, 0.1) is 31.4 Å². The Morgan fingerprint density at radius 1 is 1.06 bits per heavy atom. The Morgan fingerprint density at radius 3 is 2.50 bits per heavy atom. The molecular formula is C13H11F3N2. The van der Waals surface area contributed by atoms with Crippen molar-refractivity contribution >= 4 is 11.5 Å². The number of aryl methyl sites for hydroxylation is 1. The predicted octanol–water partition coefficient (Wildman–Crippen LogP) is 3.86. The highest BCUT2D eigenvalue weighted by Crippen LogP contribution is 2.24. The minimum Gasteiger partial charge on any atom is -0.337 e. The summed E-state index contributed by atoms with van der Waals surface area (Å²) in [6.45, 7) is 3.74. The molecule has 0 fully saturated rings. The van der Waals surface area contributed by atoms with Gasteiger partial charge in [-0.3, -0.25) is 0 Å². The maximum Gasteiger partial charge on any atom is 0.251 e. The monoisotopic (exact) mass is 252 g/mol. The van der Waals surface area contributed by atoms with Crippen LogP contribution in [0.2, 0.25) is 0 Å². The fraction of sp³-hybridized carbons (Fsp3) is 0.154. The smallest absolute Gasteiger partial charge is 0.251 e. The summed E-state index contributed by atoms with van der Waals surface area (Å²) < 4.78 is 39.1. The molecule has 2 rings (SSSR count). The summed E-state index contributed by atoms with van der Waals surface area (Å²) in [5.41, 5.74) is 2.50. The van der Waals surface area contributed by atoms with Crippen molar-refractivity contribution in [2.75, 3.05) is 5.32 Å². The number of nitrogens with one attached hydrogen (secondary N) is 1. The Hall–Kier alpha value is -2.04. The van der Waals surface area contributed by atoms with E-state index in [9.17, 15) is 13.2 Å². The molecule has 0 saturated heterocycles. The van der Waals surface area contributed by atoms with Gasteiger partial charge in [-0.2, -0.15) is 9.37 Å². The SMILES string of the molecule is Cc1cccc(Nc2nc(F)c(F)cc2F)c1C. The zero-order chi connectivity index (χ0) is 13.3. The molecule has 0 aliphatic heterocycles. The van der Waals surface area contributed by atoms with E-state index >= 15 is 0 Å². The van der Waals surface area contributed by atoms with E-state index in [0.29, 0.717) is 11.8 Å². The van der Waals surface area contributed by atoms with E-state index in [1.54, 1.807) is 12.1 Å². The number of rotatable bonds is 2. The fourth-order valence-corrected chi connectivity index (χ4v) is 1.55. The number of halogens is 3. The predicted molar refractivity (Wildman–Crippen MR) is 63.3 cm³/mol. The quantitative estimate of drug-likeness (QED) is 0.821. The molecule has 0 aliphatic carbocycles. The molecule has 2 nitrogen and oxygen atoms in total. The normalized spacial score (nSPS) is 10.5. The van der Waals surface area contributed by atoms with Crippen LogP contribution >= 0.6 is 0 Å². The molecule has 1 heterocycles. The highest BCUT2D eigenvalue weighted by Gasteiger charge is 2.12. The van der Waals surface area contributed by atoms with E-state index in [1.165, 1.54) is 0 Å². The Morgan fingerprint density at radius 2 is 1.78 bits per heavy atom. The average molecular weight is 252 g/mol. The molecule has 5 heteroatoms. The molecule has 0 spiro atoms. The summed E-state index contributed by atoms with van der Waals surface area (Å²) in [4.78, 5) is 3.21. The van der Waals surface area contributed by atoms with Crippen LogP contribution in [0.5, 0.6) is 0 Å². The van der Waals surface area contributed by atoms with Crippen LogP contribution in [0.25, 0.3) is 0 Å². The summed E-state index contributed by atoms with van der Waals surface area (Å²) in [5, 5.41) is 2.66. The molecule has 18 heavy (non-hydrogen) atoms. The molecule has 94 valence electrons. The van der Waals surface area contributed by atoms with Gasteiger partial charge in [0.25, 0.3) is 5.95 Å². The Labute approximate surface area is 102 Å². The first kappa shape index (κ1) is 12.4. The highest BCUT2D eigenvalue weighted by atomic mass is 19.2. The second-order valence-corrected chi connectivity index (χ2v) is 3.96. The van der Waals surface area contributed by atoms with E-state index in [1.807, 2.05) is 19.9 Å². The largest absolute Gasteiger partial charge is 0.337 e. The van der Waals surface area contributed by atoms with Crippen molar-refractivity contribution in [3.8, 4) is 0 Å². The van der Waals surface area contributed by atoms with E-state index in [-0.39, 0.29) is 5.82 Å². The molecule has 2 aromatic rings. The summed E-state index contributed by atoms with van der Waals surface area (Å²) >= 11 is 0. The minimum atomic E-state index is -1.33. The first-order valence-electron chi connectivity index (χ1n) is 5.34. The third-order valence-electron chi connectivity index (χ3n) is 2.74. The lowest BCUT2D eigenvalue weighted by molar-refractivity contribution is 0.467. The summed E-state index contributed by atoms with van der Waals surface area (Å²) in [7, 11) is 0. The van der Waals surface area contributed by atoms with Crippen molar-refractivity contribution in [1.82, 2.24) is 4.98 Å². The van der Waals surface area contributed by atoms with E-state index in [0.717, 1.165) is 11.1 Å². The van der Waals surface area contributed by atoms with Gasteiger partial charge in [0, 0.05) is 11.8 Å². The Kier molecular flexibility index (Phi) is 3.23. The van der Waals surface area contributed by atoms with Crippen molar-refractivity contribution in [2.45, 2.75) is 13.8 Å². The number of pyridine rings is 1. The molecular weight excluding hydrogens is 241 g/mol. The molecule has 1 aromatic heterocycles. The maximum atomic E-state index is 13.4. The van der Waals surface area contributed by atoms with Crippen molar-refractivity contribution in [1.29, 1.82) is 0 Å². The highest BCUT2D eigenvalue weighted by molar-refractivity contribution is 5.62. The molecule has 0 aliphatic rings. The van der Waals surface area contributed by atoms with Crippen LogP contribution in [0.15, 0.2) is 24.3 Å². The van der Waals surface area contributed by atoms with E-state index in [4.69, 9.17) is 0 Å². The standard InChI is InChI=1S/C13H11F3N2/c1-7-4-3-5-11(8(7)2)17-13-10(15)6-9(14)12(16)18-13/h3-6H,1-2H3,(H,17,18). The molecule has 0 atom stereocenters. The topological polar surface area (TPSA) is 24.9 Å². The summed E-state index contributed by atoms with van der Waals surface area (Å²) in [6, 6.07) is 5.86. The Balaban J connectivity index is 2.40. The lowest BCUT2D eigenvalue weighted by atomic mass is 10.1. The Bertz CT molecular complexity index is 597. The van der Waals surface area contributed by atoms with Gasteiger partial charge in [0.1, 0.15) is 0 Å². The number of benzene rings is 1. The summed E-state index contributed by atoms with van der Waals surface area (Å²) in [5.74, 6) is -3.90. The molecule has 0 unspecified atom stereocenters. The number of hydrogen-bond acceptors (Lipinski definition) is 2. The number of anilines is 2. The molecule has 1 N–H and O–H groups in total. The van der Waals surface area contributed by atoms with Crippen molar-refractivity contribution in [3.63, 3.8) is 0 Å². The van der Waals surface area contributed by atoms with Gasteiger partial charge >= 0.3 is 0 Å². The third-order valence-corrected chi connectivity index (χ3v) is 2.74. The molecule has 1 aromatic carbocycles. The van der Waals surface area contributed by atoms with Gasteiger partial charge in [0.2, 0.25) is 0 Å². The van der Waals surface area contributed by atoms with Gasteiger partial charge in [0.15, 0.2) is 17.5 Å². The van der Waals surface area contributed by atoms with Crippen LogP contribution in [0.3, 0.4) is 0 Å². The van der Waals surface area contributed by atoms with E-state index < -0.39 is 17.6 Å². The molecule has 0 bridgehead atoms. The minimum absolute atomic E-state index is 0.331. The first-order chi connectivity index (χ1) is 8.49. The lowest BCUT2D eigenvalue weighted by Gasteiger charge is -2.11. The van der Waals surface area contributed by atoms with Crippen molar-refractivity contribution < 1.29 is 13.2 Å². The second-order valence-electron chi connectivity index (χ2n) is 3.96. The molecule has 0 radical (unpaired) electrons. The van der Waals surface area contributed by atoms with Gasteiger partial charge in [-0.25, -0.2) is 8.78 Å². The zero-order valence-corrected chi connectivity index (χ0v) is 9.89. The van der Waals surface area contributed by atoms with Crippen LogP contribution in [0.1, 0.15) is 11.1 Å². The van der Waals surface area contributed by atoms with Gasteiger partial charge in [0.05, 0.1) is 0 Å². The van der Waals surface area contributed by atoms with Crippen molar-refractivity contribution in [3.05, 3.63) is 53.0 Å². The number of nitrogens with zero attached hydrogens (tertiary/aromatic N) is 1. The maximum absolute atomic E-state index is 13.4. The molecule has 0 amide bonds. The van der Waals surface area contributed by atoms with Crippen LogP contribution in [0.4, 0.5) is 24.7 Å². The van der Waals surface area contributed by atoms with Crippen LogP contribution in [-0.4, -0.2) is 4.98 Å².